The molecule has 5 heteroatoms. The summed E-state index contributed by atoms with van der Waals surface area (Å²) in [4.78, 5) is 16.1. The third kappa shape index (κ3) is 4.66. The van der Waals surface area contributed by atoms with Crippen molar-refractivity contribution in [2.24, 2.45) is 5.92 Å². The number of nitrogens with zero attached hydrogens (tertiary/aromatic N) is 1. The highest BCUT2D eigenvalue weighted by Crippen LogP contribution is 2.22. The Balaban J connectivity index is 1.43. The van der Waals surface area contributed by atoms with Gasteiger partial charge >= 0.3 is 0 Å². The van der Waals surface area contributed by atoms with E-state index < -0.39 is 0 Å². The highest BCUT2D eigenvalue weighted by Gasteiger charge is 2.33. The molecule has 138 valence electrons. The van der Waals surface area contributed by atoms with Crippen molar-refractivity contribution in [2.75, 3.05) is 39.9 Å². The summed E-state index contributed by atoms with van der Waals surface area (Å²) in [6, 6.07) is 8.14. The zero-order valence-corrected chi connectivity index (χ0v) is 15.5. The average Bonchev–Trinajstić information content (AvgIpc) is 2.67. The van der Waals surface area contributed by atoms with E-state index in [1.54, 1.807) is 12.0 Å². The van der Waals surface area contributed by atoms with Crippen molar-refractivity contribution in [1.82, 2.24) is 4.90 Å². The van der Waals surface area contributed by atoms with Crippen molar-refractivity contribution in [3.8, 4) is 11.5 Å². The van der Waals surface area contributed by atoms with Crippen molar-refractivity contribution in [2.45, 2.75) is 38.6 Å². The Labute approximate surface area is 150 Å². The number of quaternary nitrogens is 1. The molecule has 3 rings (SSSR count). The fraction of sp³-hybridized carbons (Fsp3) is 0.650. The smallest absolute Gasteiger partial charge is 0.260 e. The van der Waals surface area contributed by atoms with Gasteiger partial charge in [-0.05, 0) is 43.5 Å². The molecule has 0 spiro atoms. The lowest BCUT2D eigenvalue weighted by molar-refractivity contribution is -0.934. The fourth-order valence-corrected chi connectivity index (χ4v) is 4.25. The van der Waals surface area contributed by atoms with E-state index in [0.717, 1.165) is 43.9 Å². The molecule has 25 heavy (non-hydrogen) atoms. The van der Waals surface area contributed by atoms with Gasteiger partial charge < -0.3 is 19.3 Å². The van der Waals surface area contributed by atoms with Crippen LogP contribution in [0.25, 0.3) is 0 Å². The van der Waals surface area contributed by atoms with Gasteiger partial charge in [-0.2, -0.15) is 0 Å². The number of hydrogen-bond donors (Lipinski definition) is 1. The number of carbonyl (C=O) groups excluding carboxylic acids is 1. The molecule has 0 aromatic heterocycles. The van der Waals surface area contributed by atoms with E-state index in [1.165, 1.54) is 25.7 Å². The summed E-state index contributed by atoms with van der Waals surface area (Å²) in [6.07, 6.45) is 5.48. The number of amides is 1. The first kappa shape index (κ1) is 18.1. The second-order valence-electron chi connectivity index (χ2n) is 7.37. The highest BCUT2D eigenvalue weighted by atomic mass is 16.5. The quantitative estimate of drug-likeness (QED) is 0.875. The van der Waals surface area contributed by atoms with Gasteiger partial charge in [-0.1, -0.05) is 13.3 Å². The van der Waals surface area contributed by atoms with E-state index in [0.29, 0.717) is 5.75 Å². The Hall–Kier alpha value is -1.75. The number of rotatable bonds is 5. The van der Waals surface area contributed by atoms with Crippen LogP contribution in [0.2, 0.25) is 0 Å². The Bertz CT molecular complexity index is 553. The van der Waals surface area contributed by atoms with Crippen LogP contribution in [-0.4, -0.2) is 56.7 Å². The lowest BCUT2D eigenvalue weighted by atomic mass is 9.84. The van der Waals surface area contributed by atoms with Gasteiger partial charge in [0.1, 0.15) is 11.5 Å². The zero-order valence-electron chi connectivity index (χ0n) is 15.5. The van der Waals surface area contributed by atoms with Crippen molar-refractivity contribution in [3.63, 3.8) is 0 Å². The van der Waals surface area contributed by atoms with E-state index in [9.17, 15) is 4.79 Å². The van der Waals surface area contributed by atoms with Crippen LogP contribution in [0.5, 0.6) is 11.5 Å². The van der Waals surface area contributed by atoms with Crippen LogP contribution in [-0.2, 0) is 4.79 Å². The molecule has 5 nitrogen and oxygen atoms in total. The molecule has 1 heterocycles. The summed E-state index contributed by atoms with van der Waals surface area (Å²) in [5, 5.41) is 0. The Kier molecular flexibility index (Phi) is 6.19. The minimum atomic E-state index is 0.0894. The molecule has 1 N–H and O–H groups in total. The molecule has 1 aromatic carbocycles. The Morgan fingerprint density at radius 1 is 1.12 bits per heavy atom. The number of piperazine rings is 1. The van der Waals surface area contributed by atoms with Crippen LogP contribution in [0.1, 0.15) is 32.6 Å². The van der Waals surface area contributed by atoms with E-state index in [4.69, 9.17) is 9.47 Å². The molecule has 0 bridgehead atoms. The maximum atomic E-state index is 12.4. The normalized spacial score (nSPS) is 24.8. The van der Waals surface area contributed by atoms with Gasteiger partial charge in [0.2, 0.25) is 0 Å². The van der Waals surface area contributed by atoms with Crippen LogP contribution >= 0.6 is 0 Å². The van der Waals surface area contributed by atoms with Gasteiger partial charge in [0.05, 0.1) is 39.3 Å². The van der Waals surface area contributed by atoms with E-state index in [2.05, 4.69) is 6.92 Å². The number of carbonyl (C=O) groups is 1. The average molecular weight is 347 g/mol. The van der Waals surface area contributed by atoms with Gasteiger partial charge in [0.15, 0.2) is 6.61 Å². The summed E-state index contributed by atoms with van der Waals surface area (Å²) < 4.78 is 10.8. The highest BCUT2D eigenvalue weighted by molar-refractivity contribution is 5.77. The third-order valence-electron chi connectivity index (χ3n) is 5.82. The second-order valence-corrected chi connectivity index (χ2v) is 7.37. The molecular formula is C20H31N2O3+. The fourth-order valence-electron chi connectivity index (χ4n) is 4.25. The molecule has 2 fully saturated rings. The van der Waals surface area contributed by atoms with Crippen LogP contribution in [0, 0.1) is 5.92 Å². The van der Waals surface area contributed by atoms with Crippen LogP contribution in [0.4, 0.5) is 0 Å². The molecule has 0 radical (unpaired) electrons. The number of ether oxygens (including phenoxy) is 2. The predicted molar refractivity (Wildman–Crippen MR) is 97.2 cm³/mol. The van der Waals surface area contributed by atoms with E-state index in [1.807, 2.05) is 29.2 Å². The van der Waals surface area contributed by atoms with Crippen molar-refractivity contribution >= 4 is 5.91 Å². The van der Waals surface area contributed by atoms with Gasteiger partial charge in [0, 0.05) is 5.92 Å². The first-order chi connectivity index (χ1) is 12.2. The van der Waals surface area contributed by atoms with Crippen LogP contribution in [0.15, 0.2) is 24.3 Å². The Morgan fingerprint density at radius 2 is 1.76 bits per heavy atom. The Morgan fingerprint density at radius 3 is 2.40 bits per heavy atom. The first-order valence-electron chi connectivity index (χ1n) is 9.56. The molecule has 1 aromatic rings. The van der Waals surface area contributed by atoms with Crippen molar-refractivity contribution < 1.29 is 19.2 Å². The summed E-state index contributed by atoms with van der Waals surface area (Å²) in [6.45, 7) is 6.36. The number of nitrogens with one attached hydrogen (secondary N) is 1. The maximum absolute atomic E-state index is 12.4. The number of hydrogen-bond acceptors (Lipinski definition) is 3. The molecule has 1 saturated heterocycles. The van der Waals surface area contributed by atoms with Crippen molar-refractivity contribution in [3.05, 3.63) is 24.3 Å². The summed E-state index contributed by atoms with van der Waals surface area (Å²) in [5.74, 6) is 2.40. The topological polar surface area (TPSA) is 43.2 Å². The van der Waals surface area contributed by atoms with Gasteiger partial charge in [-0.25, -0.2) is 0 Å². The number of methoxy groups -OCH3 is 1. The van der Waals surface area contributed by atoms with Gasteiger partial charge in [-0.3, -0.25) is 4.79 Å². The van der Waals surface area contributed by atoms with Crippen molar-refractivity contribution in [1.29, 1.82) is 0 Å². The standard InChI is InChI=1S/C20H30N2O3/c1-16-5-3-4-6-19(16)21-11-13-22(14-12-21)20(23)15-25-18-9-7-17(24-2)8-10-18/h7-10,16,19H,3-6,11-15H2,1-2H3/p+1/t16-,19-/m0/s1. The molecular weight excluding hydrogens is 316 g/mol. The molecule has 2 atom stereocenters. The molecule has 1 aliphatic heterocycles. The monoisotopic (exact) mass is 347 g/mol. The third-order valence-corrected chi connectivity index (χ3v) is 5.82. The minimum Gasteiger partial charge on any atom is -0.497 e. The molecule has 1 aliphatic carbocycles. The van der Waals surface area contributed by atoms with Gasteiger partial charge in [0.25, 0.3) is 5.91 Å². The predicted octanol–water partition coefficient (Wildman–Crippen LogP) is 1.38. The molecule has 2 aliphatic rings. The van der Waals surface area contributed by atoms with E-state index in [-0.39, 0.29) is 12.5 Å². The molecule has 1 amide bonds. The van der Waals surface area contributed by atoms with E-state index >= 15 is 0 Å². The lowest BCUT2D eigenvalue weighted by Gasteiger charge is -2.40. The zero-order chi connectivity index (χ0) is 17.6. The second kappa shape index (κ2) is 8.56. The molecule has 0 unspecified atom stereocenters. The van der Waals surface area contributed by atoms with Crippen LogP contribution in [0.3, 0.4) is 0 Å². The summed E-state index contributed by atoms with van der Waals surface area (Å²) in [7, 11) is 1.63. The SMILES string of the molecule is COc1ccc(OCC(=O)N2CC[NH+]([C@H]3CCCC[C@@H]3C)CC2)cc1. The lowest BCUT2D eigenvalue weighted by Crippen LogP contribution is -3.19. The molecule has 1 saturated carbocycles. The summed E-state index contributed by atoms with van der Waals surface area (Å²) in [5.41, 5.74) is 0. The first-order valence-corrected chi connectivity index (χ1v) is 9.56. The largest absolute Gasteiger partial charge is 0.497 e. The maximum Gasteiger partial charge on any atom is 0.260 e. The number of benzene rings is 1. The minimum absolute atomic E-state index is 0.0894. The summed E-state index contributed by atoms with van der Waals surface area (Å²) >= 11 is 0. The van der Waals surface area contributed by atoms with Crippen LogP contribution < -0.4 is 14.4 Å². The van der Waals surface area contributed by atoms with Gasteiger partial charge in [-0.15, -0.1) is 0 Å².